The van der Waals surface area contributed by atoms with Crippen molar-refractivity contribution in [3.63, 3.8) is 0 Å². The first-order valence-electron chi connectivity index (χ1n) is 2.90. The third-order valence-electron chi connectivity index (χ3n) is 0.952. The van der Waals surface area contributed by atoms with Gasteiger partial charge in [0.05, 0.1) is 0 Å². The Morgan fingerprint density at radius 3 is 2.00 bits per heavy atom. The Balaban J connectivity index is -0.0000000600. The van der Waals surface area contributed by atoms with Gasteiger partial charge in [0.15, 0.2) is 0 Å². The summed E-state index contributed by atoms with van der Waals surface area (Å²) < 4.78 is 0. The van der Waals surface area contributed by atoms with Crippen molar-refractivity contribution in [3.8, 4) is 0 Å². The second-order valence-corrected chi connectivity index (χ2v) is 1.70. The topological polar surface area (TPSA) is 86.8 Å². The van der Waals surface area contributed by atoms with Crippen LogP contribution in [0.4, 0.5) is 0 Å². The van der Waals surface area contributed by atoms with Crippen molar-refractivity contribution in [2.75, 3.05) is 0 Å². The van der Waals surface area contributed by atoms with Gasteiger partial charge >= 0.3 is 0 Å². The molecule has 0 aromatic heterocycles. The molecule has 0 aromatic rings. The number of hydrogen-bond acceptors (Lipinski definition) is 1. The molecule has 0 unspecified atom stereocenters. The predicted molar refractivity (Wildman–Crippen MR) is 40.2 cm³/mol. The van der Waals surface area contributed by atoms with E-state index in [-0.39, 0.29) is 32.0 Å². The average molecular weight is 330 g/mol. The zero-order chi connectivity index (χ0) is 5.54. The van der Waals surface area contributed by atoms with E-state index in [9.17, 15) is 0 Å². The standard InChI is InChI=1S/C6H13N.2H2O.Pt/c1-2-3-4-5-6-7;;;/h6-7H,2-5H2,1H3;2*1H2;. The van der Waals surface area contributed by atoms with Gasteiger partial charge in [-0.25, -0.2) is 0 Å². The third-order valence-corrected chi connectivity index (χ3v) is 0.952. The molecule has 0 aliphatic heterocycles. The fraction of sp³-hybridized carbons (Fsp3) is 0.833. The van der Waals surface area contributed by atoms with Crippen LogP contribution in [0.1, 0.15) is 32.6 Å². The summed E-state index contributed by atoms with van der Waals surface area (Å²) in [7, 11) is 0. The Kier molecular flexibility index (Phi) is 51.2. The molecule has 0 fully saturated rings. The van der Waals surface area contributed by atoms with Crippen molar-refractivity contribution in [3.05, 3.63) is 0 Å². The van der Waals surface area contributed by atoms with Gasteiger partial charge in [0.2, 0.25) is 0 Å². The van der Waals surface area contributed by atoms with E-state index < -0.39 is 0 Å². The molecule has 0 aromatic carbocycles. The minimum Gasteiger partial charge on any atom is -0.412 e. The van der Waals surface area contributed by atoms with Crippen molar-refractivity contribution in [1.82, 2.24) is 0 Å². The summed E-state index contributed by atoms with van der Waals surface area (Å²) in [6.07, 6.45) is 6.17. The Labute approximate surface area is 76.6 Å². The molecule has 0 atom stereocenters. The Morgan fingerprint density at radius 1 is 1.20 bits per heavy atom. The SMILES string of the molecule is CCCCCC=N.O.O.[Pt]. The van der Waals surface area contributed by atoms with Crippen LogP contribution in [-0.2, 0) is 21.1 Å². The second-order valence-electron chi connectivity index (χ2n) is 1.70. The van der Waals surface area contributed by atoms with Gasteiger partial charge < -0.3 is 16.4 Å². The molecule has 0 saturated carbocycles. The Morgan fingerprint density at radius 2 is 1.70 bits per heavy atom. The van der Waals surface area contributed by atoms with Crippen LogP contribution in [0, 0.1) is 5.41 Å². The van der Waals surface area contributed by atoms with Crippen molar-refractivity contribution in [1.29, 1.82) is 5.41 Å². The minimum absolute atomic E-state index is 0. The van der Waals surface area contributed by atoms with Gasteiger partial charge in [-0.1, -0.05) is 19.8 Å². The molecule has 0 amide bonds. The van der Waals surface area contributed by atoms with Crippen molar-refractivity contribution in [2.24, 2.45) is 0 Å². The number of unbranched alkanes of at least 4 members (excludes halogenated alkanes) is 3. The van der Waals surface area contributed by atoms with E-state index in [2.05, 4.69) is 6.92 Å². The summed E-state index contributed by atoms with van der Waals surface area (Å²) in [6, 6.07) is 0. The maximum atomic E-state index is 6.66. The van der Waals surface area contributed by atoms with E-state index >= 15 is 0 Å². The monoisotopic (exact) mass is 330 g/mol. The first-order valence-corrected chi connectivity index (χ1v) is 2.90. The molecule has 0 saturated heterocycles. The molecule has 0 heterocycles. The van der Waals surface area contributed by atoms with Crippen molar-refractivity contribution < 1.29 is 32.0 Å². The van der Waals surface area contributed by atoms with Gasteiger partial charge in [-0.15, -0.1) is 0 Å². The predicted octanol–water partition coefficient (Wildman–Crippen LogP) is 0.564. The molecule has 4 heteroatoms. The molecule has 0 aliphatic rings. The molecular formula is C6H17NO2Pt. The Hall–Kier alpha value is 0.278. The quantitative estimate of drug-likeness (QED) is 0.577. The zero-order valence-electron chi connectivity index (χ0n) is 6.22. The number of nitrogens with one attached hydrogen (secondary N) is 1. The summed E-state index contributed by atoms with van der Waals surface area (Å²) in [6.45, 7) is 2.17. The maximum Gasteiger partial charge on any atom is 0 e. The van der Waals surface area contributed by atoms with Crippen LogP contribution in [0.3, 0.4) is 0 Å². The molecule has 5 N–H and O–H groups in total. The van der Waals surface area contributed by atoms with Gasteiger partial charge in [-0.2, -0.15) is 0 Å². The van der Waals surface area contributed by atoms with Gasteiger partial charge in [0.25, 0.3) is 0 Å². The summed E-state index contributed by atoms with van der Waals surface area (Å²) in [5, 5.41) is 6.66. The van der Waals surface area contributed by atoms with Crippen LogP contribution in [0.5, 0.6) is 0 Å². The second kappa shape index (κ2) is 22.8. The summed E-state index contributed by atoms with van der Waals surface area (Å²) >= 11 is 0. The molecule has 0 bridgehead atoms. The molecule has 10 heavy (non-hydrogen) atoms. The Bertz CT molecular complexity index is 53.0. The summed E-state index contributed by atoms with van der Waals surface area (Å²) in [4.78, 5) is 0. The molecule has 0 spiro atoms. The van der Waals surface area contributed by atoms with E-state index in [0.29, 0.717) is 0 Å². The maximum absolute atomic E-state index is 6.66. The van der Waals surface area contributed by atoms with Gasteiger partial charge in [0.1, 0.15) is 0 Å². The van der Waals surface area contributed by atoms with Gasteiger partial charge in [-0.05, 0) is 19.1 Å². The third kappa shape index (κ3) is 24.0. The fourth-order valence-corrected chi connectivity index (χ4v) is 0.496. The normalized spacial score (nSPS) is 6.10. The zero-order valence-corrected chi connectivity index (χ0v) is 8.49. The molecular weight excluding hydrogens is 313 g/mol. The van der Waals surface area contributed by atoms with Crippen LogP contribution in [0.15, 0.2) is 0 Å². The van der Waals surface area contributed by atoms with Crippen molar-refractivity contribution in [2.45, 2.75) is 32.6 Å². The smallest absolute Gasteiger partial charge is 0 e. The number of rotatable bonds is 4. The summed E-state index contributed by atoms with van der Waals surface area (Å²) in [5.74, 6) is 0. The first kappa shape index (κ1) is 22.4. The van der Waals surface area contributed by atoms with E-state index in [0.717, 1.165) is 6.42 Å². The largest absolute Gasteiger partial charge is 0.412 e. The van der Waals surface area contributed by atoms with E-state index in [4.69, 9.17) is 5.41 Å². The van der Waals surface area contributed by atoms with E-state index in [1.54, 1.807) is 0 Å². The molecule has 3 nitrogen and oxygen atoms in total. The van der Waals surface area contributed by atoms with Crippen LogP contribution in [0.2, 0.25) is 0 Å². The van der Waals surface area contributed by atoms with Gasteiger partial charge in [0, 0.05) is 21.1 Å². The average Bonchev–Trinajstić information content (AvgIpc) is 1.69. The molecule has 0 radical (unpaired) electrons. The summed E-state index contributed by atoms with van der Waals surface area (Å²) in [5.41, 5.74) is 0. The van der Waals surface area contributed by atoms with E-state index in [1.165, 1.54) is 25.5 Å². The first-order chi connectivity index (χ1) is 3.41. The molecule has 68 valence electrons. The fourth-order valence-electron chi connectivity index (χ4n) is 0.496. The van der Waals surface area contributed by atoms with Crippen molar-refractivity contribution >= 4 is 6.21 Å². The van der Waals surface area contributed by atoms with Crippen LogP contribution in [-0.4, -0.2) is 17.2 Å². The van der Waals surface area contributed by atoms with Crippen LogP contribution < -0.4 is 0 Å². The van der Waals surface area contributed by atoms with E-state index in [1.807, 2.05) is 0 Å². The van der Waals surface area contributed by atoms with Crippen LogP contribution >= 0.6 is 0 Å². The molecule has 0 rings (SSSR count). The number of hydrogen-bond donors (Lipinski definition) is 1. The molecule has 0 aliphatic carbocycles. The minimum atomic E-state index is 0. The van der Waals surface area contributed by atoms with Gasteiger partial charge in [-0.3, -0.25) is 0 Å². The van der Waals surface area contributed by atoms with Crippen LogP contribution in [0.25, 0.3) is 0 Å².